The Morgan fingerprint density at radius 1 is 1.14 bits per heavy atom. The van der Waals surface area contributed by atoms with Gasteiger partial charge in [-0.15, -0.1) is 0 Å². The van der Waals surface area contributed by atoms with Crippen molar-refractivity contribution in [3.8, 4) is 11.3 Å². The molecule has 0 atom stereocenters. The zero-order chi connectivity index (χ0) is 10.1. The molecule has 0 spiro atoms. The predicted molar refractivity (Wildman–Crippen MR) is 64.3 cm³/mol. The smallest absolute Gasteiger partial charge is 0.134 e. The van der Waals surface area contributed by atoms with E-state index in [0.29, 0.717) is 0 Å². The van der Waals surface area contributed by atoms with Crippen LogP contribution in [0.15, 0.2) is 43.9 Å². The summed E-state index contributed by atoms with van der Waals surface area (Å²) in [4.78, 5) is 0. The van der Waals surface area contributed by atoms with Crippen LogP contribution in [0.3, 0.4) is 0 Å². The van der Waals surface area contributed by atoms with Gasteiger partial charge in [0.25, 0.3) is 0 Å². The summed E-state index contributed by atoms with van der Waals surface area (Å²) in [6.45, 7) is 2.06. The van der Waals surface area contributed by atoms with Crippen LogP contribution in [-0.2, 0) is 0 Å². The van der Waals surface area contributed by atoms with E-state index >= 15 is 0 Å². The second-order valence-corrected chi connectivity index (χ2v) is 4.77. The average molecular weight is 316 g/mol. The zero-order valence-corrected chi connectivity index (χ0v) is 10.7. The molecule has 2 aromatic rings. The summed E-state index contributed by atoms with van der Waals surface area (Å²) in [5, 5.41) is 0. The highest BCUT2D eigenvalue weighted by molar-refractivity contribution is 9.11. The zero-order valence-electron chi connectivity index (χ0n) is 7.55. The maximum Gasteiger partial charge on any atom is 0.134 e. The van der Waals surface area contributed by atoms with Crippen molar-refractivity contribution in [2.45, 2.75) is 6.92 Å². The van der Waals surface area contributed by atoms with E-state index in [1.54, 1.807) is 6.26 Å². The van der Waals surface area contributed by atoms with Crippen molar-refractivity contribution in [2.24, 2.45) is 0 Å². The van der Waals surface area contributed by atoms with Gasteiger partial charge in [0.1, 0.15) is 5.76 Å². The molecule has 0 saturated heterocycles. The maximum atomic E-state index is 5.35. The minimum Gasteiger partial charge on any atom is -0.464 e. The van der Waals surface area contributed by atoms with E-state index in [2.05, 4.69) is 44.8 Å². The summed E-state index contributed by atoms with van der Waals surface area (Å²) in [5.41, 5.74) is 2.27. The third-order valence-electron chi connectivity index (χ3n) is 2.03. The average Bonchev–Trinajstić information content (AvgIpc) is 2.64. The van der Waals surface area contributed by atoms with Gasteiger partial charge in [-0.3, -0.25) is 0 Å². The van der Waals surface area contributed by atoms with E-state index in [0.717, 1.165) is 20.3 Å². The molecule has 14 heavy (non-hydrogen) atoms. The molecule has 0 aliphatic heterocycles. The van der Waals surface area contributed by atoms with Gasteiger partial charge in [-0.1, -0.05) is 15.9 Å². The Morgan fingerprint density at radius 3 is 2.57 bits per heavy atom. The van der Waals surface area contributed by atoms with E-state index in [1.165, 1.54) is 5.56 Å². The summed E-state index contributed by atoms with van der Waals surface area (Å²) in [6.07, 6.45) is 1.68. The minimum absolute atomic E-state index is 0.882. The van der Waals surface area contributed by atoms with E-state index in [1.807, 2.05) is 18.2 Å². The van der Waals surface area contributed by atoms with Crippen LogP contribution in [0, 0.1) is 6.92 Å². The van der Waals surface area contributed by atoms with Crippen LogP contribution in [0.2, 0.25) is 0 Å². The molecule has 0 amide bonds. The highest BCUT2D eigenvalue weighted by Crippen LogP contribution is 2.33. The molecule has 0 unspecified atom stereocenters. The second-order valence-electron chi connectivity index (χ2n) is 3.06. The minimum atomic E-state index is 0.882. The summed E-state index contributed by atoms with van der Waals surface area (Å²) >= 11 is 7.00. The first-order valence-corrected chi connectivity index (χ1v) is 5.76. The van der Waals surface area contributed by atoms with Crippen LogP contribution in [0.4, 0.5) is 0 Å². The van der Waals surface area contributed by atoms with Gasteiger partial charge in [-0.2, -0.15) is 0 Å². The summed E-state index contributed by atoms with van der Waals surface area (Å²) in [5.74, 6) is 0.882. The van der Waals surface area contributed by atoms with Gasteiger partial charge >= 0.3 is 0 Å². The lowest BCUT2D eigenvalue weighted by atomic mass is 10.1. The summed E-state index contributed by atoms with van der Waals surface area (Å²) < 4.78 is 7.48. The van der Waals surface area contributed by atoms with Crippen molar-refractivity contribution in [2.75, 3.05) is 0 Å². The van der Waals surface area contributed by atoms with Crippen molar-refractivity contribution in [1.82, 2.24) is 0 Å². The number of hydrogen-bond donors (Lipinski definition) is 0. The topological polar surface area (TPSA) is 13.1 Å². The normalized spacial score (nSPS) is 10.5. The molecule has 0 bridgehead atoms. The monoisotopic (exact) mass is 314 g/mol. The van der Waals surface area contributed by atoms with Crippen molar-refractivity contribution < 1.29 is 4.42 Å². The number of rotatable bonds is 1. The largest absolute Gasteiger partial charge is 0.464 e. The molecule has 3 heteroatoms. The molecule has 0 fully saturated rings. The number of halogens is 2. The van der Waals surface area contributed by atoms with E-state index in [-0.39, 0.29) is 0 Å². The molecule has 0 N–H and O–H groups in total. The molecular formula is C11H8Br2O. The predicted octanol–water partition coefficient (Wildman–Crippen LogP) is 4.78. The fraction of sp³-hybridized carbons (Fsp3) is 0.0909. The quantitative estimate of drug-likeness (QED) is 0.738. The van der Waals surface area contributed by atoms with Crippen molar-refractivity contribution in [1.29, 1.82) is 0 Å². The number of furan rings is 1. The Balaban J connectivity index is 2.60. The molecule has 0 saturated carbocycles. The highest BCUT2D eigenvalue weighted by Gasteiger charge is 2.07. The van der Waals surface area contributed by atoms with Gasteiger partial charge in [0.2, 0.25) is 0 Å². The summed E-state index contributed by atoms with van der Waals surface area (Å²) in [7, 11) is 0. The first-order valence-electron chi connectivity index (χ1n) is 4.18. The fourth-order valence-electron chi connectivity index (χ4n) is 1.28. The second kappa shape index (κ2) is 3.91. The lowest BCUT2D eigenvalue weighted by molar-refractivity contribution is 0.582. The van der Waals surface area contributed by atoms with E-state index < -0.39 is 0 Å². The van der Waals surface area contributed by atoms with Crippen LogP contribution in [0.5, 0.6) is 0 Å². The lowest BCUT2D eigenvalue weighted by Crippen LogP contribution is -1.81. The van der Waals surface area contributed by atoms with E-state index in [4.69, 9.17) is 4.42 Å². The molecule has 0 radical (unpaired) electrons. The van der Waals surface area contributed by atoms with Crippen LogP contribution in [0.25, 0.3) is 11.3 Å². The third kappa shape index (κ3) is 1.79. The molecular weight excluding hydrogens is 308 g/mol. The summed E-state index contributed by atoms with van der Waals surface area (Å²) in [6, 6.07) is 7.97. The molecule has 0 aliphatic carbocycles. The SMILES string of the molecule is Cc1cc(-c2ccco2)c(Br)cc1Br. The maximum absolute atomic E-state index is 5.35. The Kier molecular flexibility index (Phi) is 2.79. The molecule has 2 rings (SSSR count). The van der Waals surface area contributed by atoms with Crippen LogP contribution >= 0.6 is 31.9 Å². The third-order valence-corrected chi connectivity index (χ3v) is 3.55. The standard InChI is InChI=1S/C11H8Br2O/c1-7-5-8(10(13)6-9(7)12)11-3-2-4-14-11/h2-6H,1H3. The number of aryl methyl sites for hydroxylation is 1. The van der Waals surface area contributed by atoms with Crippen molar-refractivity contribution in [3.63, 3.8) is 0 Å². The number of hydrogen-bond acceptors (Lipinski definition) is 1. The molecule has 1 aromatic carbocycles. The van der Waals surface area contributed by atoms with Crippen LogP contribution in [0.1, 0.15) is 5.56 Å². The molecule has 1 nitrogen and oxygen atoms in total. The van der Waals surface area contributed by atoms with Gasteiger partial charge < -0.3 is 4.42 Å². The van der Waals surface area contributed by atoms with Crippen LogP contribution in [-0.4, -0.2) is 0 Å². The molecule has 1 heterocycles. The fourth-order valence-corrected chi connectivity index (χ4v) is 2.47. The van der Waals surface area contributed by atoms with Gasteiger partial charge in [-0.05, 0) is 52.7 Å². The van der Waals surface area contributed by atoms with Crippen LogP contribution < -0.4 is 0 Å². The number of benzene rings is 1. The molecule has 1 aromatic heterocycles. The van der Waals surface area contributed by atoms with Gasteiger partial charge in [0.15, 0.2) is 0 Å². The molecule has 0 aliphatic rings. The lowest BCUT2D eigenvalue weighted by Gasteiger charge is -2.04. The van der Waals surface area contributed by atoms with Crippen molar-refractivity contribution >= 4 is 31.9 Å². The highest BCUT2D eigenvalue weighted by atomic mass is 79.9. The molecule has 72 valence electrons. The first-order chi connectivity index (χ1) is 6.68. The Morgan fingerprint density at radius 2 is 1.93 bits per heavy atom. The van der Waals surface area contributed by atoms with Crippen molar-refractivity contribution in [3.05, 3.63) is 45.0 Å². The van der Waals surface area contributed by atoms with Gasteiger partial charge in [-0.25, -0.2) is 0 Å². The Bertz CT molecular complexity index is 447. The first kappa shape index (κ1) is 9.99. The van der Waals surface area contributed by atoms with E-state index in [9.17, 15) is 0 Å². The Hall–Kier alpha value is -0.540. The van der Waals surface area contributed by atoms with Gasteiger partial charge in [0.05, 0.1) is 6.26 Å². The Labute approximate surface area is 99.4 Å². The van der Waals surface area contributed by atoms with Gasteiger partial charge in [0, 0.05) is 14.5 Å².